The van der Waals surface area contributed by atoms with Gasteiger partial charge in [-0.25, -0.2) is 4.98 Å². The SMILES string of the molecule is Cc1cn(CC(=O)[C@H]2CC[C@H]3[C@@H]4CC[C@H]5C[C@H](O)CC[C@]5(CCO)[C@H]4CC[C@]23C)cn1. The lowest BCUT2D eigenvalue weighted by atomic mass is 9.43. The van der Waals surface area contributed by atoms with Gasteiger partial charge in [0, 0.05) is 18.7 Å². The molecule has 0 aliphatic heterocycles. The third-order valence-electron chi connectivity index (χ3n) is 10.4. The summed E-state index contributed by atoms with van der Waals surface area (Å²) in [5.41, 5.74) is 1.30. The first-order valence-electron chi connectivity index (χ1n) is 12.7. The molecule has 5 rings (SSSR count). The van der Waals surface area contributed by atoms with Gasteiger partial charge in [0.1, 0.15) is 0 Å². The van der Waals surface area contributed by atoms with Crippen molar-refractivity contribution in [1.82, 2.24) is 9.55 Å². The number of nitrogens with zero attached hydrogens (tertiary/aromatic N) is 2. The summed E-state index contributed by atoms with van der Waals surface area (Å²) in [6.45, 7) is 5.11. The molecule has 4 fully saturated rings. The summed E-state index contributed by atoms with van der Waals surface area (Å²) in [5, 5.41) is 20.3. The summed E-state index contributed by atoms with van der Waals surface area (Å²) in [5.74, 6) is 3.10. The van der Waals surface area contributed by atoms with Crippen molar-refractivity contribution in [3.8, 4) is 0 Å². The van der Waals surface area contributed by atoms with Crippen LogP contribution in [0.1, 0.15) is 76.8 Å². The van der Waals surface area contributed by atoms with E-state index in [1.165, 1.54) is 25.7 Å². The molecule has 1 heterocycles. The Morgan fingerprint density at radius 1 is 1.16 bits per heavy atom. The van der Waals surface area contributed by atoms with E-state index in [4.69, 9.17) is 0 Å². The van der Waals surface area contributed by atoms with E-state index in [0.29, 0.717) is 36.0 Å². The Kier molecular flexibility index (Phi) is 5.57. The van der Waals surface area contributed by atoms with Crippen LogP contribution in [-0.2, 0) is 11.3 Å². The molecule has 2 N–H and O–H groups in total. The Labute approximate surface area is 186 Å². The highest BCUT2D eigenvalue weighted by atomic mass is 16.3. The van der Waals surface area contributed by atoms with Crippen LogP contribution in [0.2, 0.25) is 0 Å². The van der Waals surface area contributed by atoms with Crippen LogP contribution in [0.15, 0.2) is 12.5 Å². The van der Waals surface area contributed by atoms with Crippen LogP contribution in [0, 0.1) is 47.3 Å². The second-order valence-electron chi connectivity index (χ2n) is 11.6. The fourth-order valence-corrected chi connectivity index (χ4v) is 9.11. The fourth-order valence-electron chi connectivity index (χ4n) is 9.11. The maximum Gasteiger partial charge on any atom is 0.156 e. The molecule has 5 nitrogen and oxygen atoms in total. The topological polar surface area (TPSA) is 75.4 Å². The number of Topliss-reactive ketones (excluding diaryl/α,β-unsaturated/α-hetero) is 1. The fraction of sp³-hybridized carbons (Fsp3) is 0.846. The van der Waals surface area contributed by atoms with E-state index in [2.05, 4.69) is 11.9 Å². The van der Waals surface area contributed by atoms with E-state index in [-0.39, 0.29) is 29.5 Å². The average Bonchev–Trinajstić information content (AvgIpc) is 3.30. The number of carbonyl (C=O) groups excluding carboxylic acids is 1. The first-order valence-corrected chi connectivity index (χ1v) is 12.7. The third kappa shape index (κ3) is 3.42. The molecule has 1 aromatic heterocycles. The second-order valence-corrected chi connectivity index (χ2v) is 11.6. The molecule has 0 spiro atoms. The summed E-state index contributed by atoms with van der Waals surface area (Å²) < 4.78 is 1.95. The van der Waals surface area contributed by atoms with Crippen LogP contribution in [0.25, 0.3) is 0 Å². The van der Waals surface area contributed by atoms with E-state index >= 15 is 0 Å². The van der Waals surface area contributed by atoms with Gasteiger partial charge in [0.15, 0.2) is 5.78 Å². The second kappa shape index (κ2) is 7.98. The quantitative estimate of drug-likeness (QED) is 0.739. The summed E-state index contributed by atoms with van der Waals surface area (Å²) in [4.78, 5) is 17.7. The van der Waals surface area contributed by atoms with E-state index in [1.807, 2.05) is 17.7 Å². The number of fused-ring (bicyclic) bond motifs is 5. The van der Waals surface area contributed by atoms with Crippen molar-refractivity contribution >= 4 is 5.78 Å². The third-order valence-corrected chi connectivity index (χ3v) is 10.4. The first-order chi connectivity index (χ1) is 14.9. The minimum atomic E-state index is -0.150. The molecule has 8 atom stereocenters. The maximum absolute atomic E-state index is 13.4. The molecule has 172 valence electrons. The van der Waals surface area contributed by atoms with Gasteiger partial charge in [-0.05, 0) is 106 Å². The molecule has 0 unspecified atom stereocenters. The maximum atomic E-state index is 13.4. The largest absolute Gasteiger partial charge is 0.396 e. The number of aliphatic hydroxyl groups excluding tert-OH is 2. The van der Waals surface area contributed by atoms with Gasteiger partial charge in [-0.1, -0.05) is 6.92 Å². The number of ketones is 1. The monoisotopic (exact) mass is 428 g/mol. The number of aromatic nitrogens is 2. The highest BCUT2D eigenvalue weighted by molar-refractivity contribution is 5.82. The molecule has 4 aliphatic carbocycles. The molecule has 0 bridgehead atoms. The zero-order valence-corrected chi connectivity index (χ0v) is 19.3. The van der Waals surface area contributed by atoms with Gasteiger partial charge >= 0.3 is 0 Å². The van der Waals surface area contributed by atoms with E-state index < -0.39 is 0 Å². The van der Waals surface area contributed by atoms with Gasteiger partial charge in [0.25, 0.3) is 0 Å². The summed E-state index contributed by atoms with van der Waals surface area (Å²) in [7, 11) is 0. The Morgan fingerprint density at radius 3 is 2.74 bits per heavy atom. The highest BCUT2D eigenvalue weighted by Gasteiger charge is 2.62. The lowest BCUT2D eigenvalue weighted by Crippen LogP contribution is -2.55. The molecule has 0 aromatic carbocycles. The van der Waals surface area contributed by atoms with Gasteiger partial charge in [-0.3, -0.25) is 4.79 Å². The number of imidazole rings is 1. The average molecular weight is 429 g/mol. The molecular formula is C26H40N2O3. The zero-order valence-electron chi connectivity index (χ0n) is 19.3. The zero-order chi connectivity index (χ0) is 21.8. The van der Waals surface area contributed by atoms with Crippen LogP contribution < -0.4 is 0 Å². The Morgan fingerprint density at radius 2 is 2.00 bits per heavy atom. The first kappa shape index (κ1) is 21.6. The minimum absolute atomic E-state index is 0.120. The molecule has 5 heteroatoms. The van der Waals surface area contributed by atoms with E-state index in [0.717, 1.165) is 44.2 Å². The van der Waals surface area contributed by atoms with Crippen molar-refractivity contribution in [2.45, 2.75) is 90.7 Å². The van der Waals surface area contributed by atoms with Crippen LogP contribution >= 0.6 is 0 Å². The van der Waals surface area contributed by atoms with Crippen molar-refractivity contribution in [2.24, 2.45) is 40.4 Å². The van der Waals surface area contributed by atoms with Crippen LogP contribution in [0.4, 0.5) is 0 Å². The lowest BCUT2D eigenvalue weighted by Gasteiger charge is -2.62. The molecule has 1 aromatic rings. The van der Waals surface area contributed by atoms with Gasteiger partial charge < -0.3 is 14.8 Å². The van der Waals surface area contributed by atoms with Crippen molar-refractivity contribution in [3.63, 3.8) is 0 Å². The van der Waals surface area contributed by atoms with Crippen molar-refractivity contribution in [2.75, 3.05) is 6.61 Å². The Balaban J connectivity index is 1.37. The number of aliphatic hydroxyl groups is 2. The van der Waals surface area contributed by atoms with E-state index in [9.17, 15) is 15.0 Å². The number of aryl methyl sites for hydroxylation is 1. The molecular weight excluding hydrogens is 388 g/mol. The molecule has 4 aliphatic rings. The van der Waals surface area contributed by atoms with Crippen molar-refractivity contribution < 1.29 is 15.0 Å². The molecule has 0 amide bonds. The Hall–Kier alpha value is -1.20. The van der Waals surface area contributed by atoms with Gasteiger partial charge in [0.2, 0.25) is 0 Å². The summed E-state index contributed by atoms with van der Waals surface area (Å²) >= 11 is 0. The molecule has 0 radical (unpaired) electrons. The summed E-state index contributed by atoms with van der Waals surface area (Å²) in [6, 6.07) is 0. The number of carbonyl (C=O) groups is 1. The predicted molar refractivity (Wildman–Crippen MR) is 119 cm³/mol. The number of rotatable bonds is 5. The van der Waals surface area contributed by atoms with Gasteiger partial charge in [-0.2, -0.15) is 0 Å². The van der Waals surface area contributed by atoms with Crippen molar-refractivity contribution in [3.05, 3.63) is 18.2 Å². The molecule has 31 heavy (non-hydrogen) atoms. The van der Waals surface area contributed by atoms with Crippen molar-refractivity contribution in [1.29, 1.82) is 0 Å². The van der Waals surface area contributed by atoms with Crippen LogP contribution in [-0.4, -0.2) is 38.3 Å². The van der Waals surface area contributed by atoms with Gasteiger partial charge in [-0.15, -0.1) is 0 Å². The standard InChI is InChI=1S/C26H40N2O3/c1-17-14-28(16-27-17)15-24(31)23-6-5-21-20-4-3-18-13-19(30)7-10-26(18,11-12-29)22(20)8-9-25(21,23)2/h14,16,18-23,29-30H,3-13,15H2,1-2H3/t18-,19+,20-,21-,22-,23+,25-,26+/m0/s1. The Bertz CT molecular complexity index is 821. The number of hydrogen-bond donors (Lipinski definition) is 2. The number of hydrogen-bond acceptors (Lipinski definition) is 4. The minimum Gasteiger partial charge on any atom is -0.396 e. The van der Waals surface area contributed by atoms with Gasteiger partial charge in [0.05, 0.1) is 24.7 Å². The predicted octanol–water partition coefficient (Wildman–Crippen LogP) is 4.14. The smallest absolute Gasteiger partial charge is 0.156 e. The highest BCUT2D eigenvalue weighted by Crippen LogP contribution is 2.68. The van der Waals surface area contributed by atoms with Crippen LogP contribution in [0.3, 0.4) is 0 Å². The normalized spacial score (nSPS) is 44.4. The van der Waals surface area contributed by atoms with E-state index in [1.54, 1.807) is 6.33 Å². The summed E-state index contributed by atoms with van der Waals surface area (Å²) in [6.07, 6.45) is 14.4. The molecule has 0 saturated heterocycles. The van der Waals surface area contributed by atoms with Crippen LogP contribution in [0.5, 0.6) is 0 Å². The molecule has 4 saturated carbocycles. The lowest BCUT2D eigenvalue weighted by molar-refractivity contribution is -0.148.